The van der Waals surface area contributed by atoms with Gasteiger partial charge in [0, 0.05) is 0 Å². The maximum absolute atomic E-state index is 5.63. The SMILES string of the molecule is CCCCCCCC/C=C/O[Si](C)(C)C. The van der Waals surface area contributed by atoms with Crippen molar-refractivity contribution in [3.05, 3.63) is 12.3 Å². The van der Waals surface area contributed by atoms with Crippen molar-refractivity contribution < 1.29 is 4.43 Å². The standard InChI is InChI=1S/C13H28OSi/c1-5-6-7-8-9-10-11-12-13-14-15(2,3)4/h12-13H,5-11H2,1-4H3/b13-12+. The van der Waals surface area contributed by atoms with Gasteiger partial charge in [-0.3, -0.25) is 0 Å². The van der Waals surface area contributed by atoms with Gasteiger partial charge in [-0.05, 0) is 32.5 Å². The van der Waals surface area contributed by atoms with Crippen LogP contribution in [-0.2, 0) is 4.43 Å². The second-order valence-corrected chi connectivity index (χ2v) is 9.62. The van der Waals surface area contributed by atoms with E-state index in [1.54, 1.807) is 0 Å². The summed E-state index contributed by atoms with van der Waals surface area (Å²) in [4.78, 5) is 0. The molecule has 15 heavy (non-hydrogen) atoms. The van der Waals surface area contributed by atoms with Gasteiger partial charge >= 0.3 is 0 Å². The molecule has 1 nitrogen and oxygen atoms in total. The first-order chi connectivity index (χ1) is 7.06. The zero-order valence-electron chi connectivity index (χ0n) is 11.0. The van der Waals surface area contributed by atoms with Gasteiger partial charge in [0.05, 0.1) is 6.26 Å². The first kappa shape index (κ1) is 14.8. The van der Waals surface area contributed by atoms with Crippen LogP contribution in [0.1, 0.15) is 51.9 Å². The Morgan fingerprint density at radius 2 is 1.53 bits per heavy atom. The molecule has 0 amide bonds. The van der Waals surface area contributed by atoms with Gasteiger partial charge in [0.15, 0.2) is 0 Å². The van der Waals surface area contributed by atoms with Crippen LogP contribution in [-0.4, -0.2) is 8.32 Å². The van der Waals surface area contributed by atoms with Crippen LogP contribution in [0.3, 0.4) is 0 Å². The minimum atomic E-state index is -1.33. The molecule has 0 fully saturated rings. The summed E-state index contributed by atoms with van der Waals surface area (Å²) in [5.41, 5.74) is 0. The maximum Gasteiger partial charge on any atom is 0.241 e. The maximum atomic E-state index is 5.63. The summed E-state index contributed by atoms with van der Waals surface area (Å²) < 4.78 is 5.63. The zero-order chi connectivity index (χ0) is 11.6. The van der Waals surface area contributed by atoms with Gasteiger partial charge in [-0.25, -0.2) is 0 Å². The third-order valence-electron chi connectivity index (χ3n) is 2.24. The topological polar surface area (TPSA) is 9.23 Å². The molecule has 0 radical (unpaired) electrons. The molecule has 0 rings (SSSR count). The molecule has 0 saturated heterocycles. The highest BCUT2D eigenvalue weighted by Gasteiger charge is 2.12. The van der Waals surface area contributed by atoms with E-state index in [2.05, 4.69) is 32.6 Å². The summed E-state index contributed by atoms with van der Waals surface area (Å²) in [7, 11) is -1.33. The van der Waals surface area contributed by atoms with Crippen LogP contribution in [0, 0.1) is 0 Å². The minimum absolute atomic E-state index is 1.18. The molecule has 0 N–H and O–H groups in total. The van der Waals surface area contributed by atoms with E-state index >= 15 is 0 Å². The molecule has 0 aliphatic rings. The van der Waals surface area contributed by atoms with Crippen molar-refractivity contribution >= 4 is 8.32 Å². The quantitative estimate of drug-likeness (QED) is 0.303. The predicted octanol–water partition coefficient (Wildman–Crippen LogP) is 5.10. The normalized spacial score (nSPS) is 12.3. The lowest BCUT2D eigenvalue weighted by molar-refractivity contribution is 0.475. The molecule has 0 aliphatic carbocycles. The second-order valence-electron chi connectivity index (χ2n) is 5.16. The second kappa shape index (κ2) is 9.02. The van der Waals surface area contributed by atoms with E-state index in [0.29, 0.717) is 0 Å². The lowest BCUT2D eigenvalue weighted by Crippen LogP contribution is -2.21. The summed E-state index contributed by atoms with van der Waals surface area (Å²) in [6.45, 7) is 8.89. The average Bonchev–Trinajstić information content (AvgIpc) is 2.14. The Bertz CT molecular complexity index is 158. The third kappa shape index (κ3) is 13.8. The van der Waals surface area contributed by atoms with Crippen molar-refractivity contribution in [3.8, 4) is 0 Å². The van der Waals surface area contributed by atoms with Crippen molar-refractivity contribution in [2.45, 2.75) is 71.5 Å². The molecule has 0 aromatic carbocycles. The molecule has 2 heteroatoms. The monoisotopic (exact) mass is 228 g/mol. The van der Waals surface area contributed by atoms with Crippen LogP contribution in [0.15, 0.2) is 12.3 Å². The van der Waals surface area contributed by atoms with Crippen molar-refractivity contribution in [2.75, 3.05) is 0 Å². The molecule has 0 saturated carbocycles. The van der Waals surface area contributed by atoms with Crippen molar-refractivity contribution in [2.24, 2.45) is 0 Å². The van der Waals surface area contributed by atoms with Crippen molar-refractivity contribution in [1.82, 2.24) is 0 Å². The van der Waals surface area contributed by atoms with E-state index < -0.39 is 8.32 Å². The summed E-state index contributed by atoms with van der Waals surface area (Å²) in [6, 6.07) is 0. The number of allylic oxidation sites excluding steroid dienone is 1. The van der Waals surface area contributed by atoms with E-state index in [0.717, 1.165) is 0 Å². The molecule has 0 aromatic heterocycles. The molecule has 0 aliphatic heterocycles. The van der Waals surface area contributed by atoms with E-state index in [1.165, 1.54) is 44.9 Å². The Morgan fingerprint density at radius 1 is 0.933 bits per heavy atom. The third-order valence-corrected chi connectivity index (χ3v) is 3.09. The molecular formula is C13H28OSi. The fraction of sp³-hybridized carbons (Fsp3) is 0.846. The Hall–Kier alpha value is -0.243. The fourth-order valence-electron chi connectivity index (χ4n) is 1.36. The van der Waals surface area contributed by atoms with Crippen LogP contribution in [0.25, 0.3) is 0 Å². The Labute approximate surface area is 97.0 Å². The van der Waals surface area contributed by atoms with Crippen molar-refractivity contribution in [3.63, 3.8) is 0 Å². The van der Waals surface area contributed by atoms with Gasteiger partial charge in [0.1, 0.15) is 0 Å². The van der Waals surface area contributed by atoms with Crippen LogP contribution in [0.2, 0.25) is 19.6 Å². The van der Waals surface area contributed by atoms with Crippen molar-refractivity contribution in [1.29, 1.82) is 0 Å². The van der Waals surface area contributed by atoms with E-state index in [1.807, 2.05) is 6.26 Å². The summed E-state index contributed by atoms with van der Waals surface area (Å²) in [6.07, 6.45) is 13.5. The van der Waals surface area contributed by atoms with Gasteiger partial charge in [0.25, 0.3) is 0 Å². The molecule has 0 unspecified atom stereocenters. The van der Waals surface area contributed by atoms with Crippen LogP contribution < -0.4 is 0 Å². The van der Waals surface area contributed by atoms with Crippen LogP contribution in [0.4, 0.5) is 0 Å². The highest BCUT2D eigenvalue weighted by molar-refractivity contribution is 6.69. The van der Waals surface area contributed by atoms with E-state index in [9.17, 15) is 0 Å². The van der Waals surface area contributed by atoms with Gasteiger partial charge in [-0.1, -0.05) is 45.1 Å². The molecule has 0 heterocycles. The first-order valence-corrected chi connectivity index (χ1v) is 9.80. The highest BCUT2D eigenvalue weighted by Crippen LogP contribution is 2.08. The molecule has 0 bridgehead atoms. The smallest absolute Gasteiger partial charge is 0.241 e. The largest absolute Gasteiger partial charge is 0.550 e. The van der Waals surface area contributed by atoms with E-state index in [-0.39, 0.29) is 0 Å². The minimum Gasteiger partial charge on any atom is -0.550 e. The number of unbranched alkanes of at least 4 members (excludes halogenated alkanes) is 6. The Morgan fingerprint density at radius 3 is 2.13 bits per heavy atom. The lowest BCUT2D eigenvalue weighted by Gasteiger charge is -2.14. The predicted molar refractivity (Wildman–Crippen MR) is 71.6 cm³/mol. The summed E-state index contributed by atoms with van der Waals surface area (Å²) in [5, 5.41) is 0. The lowest BCUT2D eigenvalue weighted by atomic mass is 10.1. The fourth-order valence-corrected chi connectivity index (χ4v) is 1.87. The number of hydrogen-bond donors (Lipinski definition) is 0. The van der Waals surface area contributed by atoms with Gasteiger partial charge in [0.2, 0.25) is 8.32 Å². The Balaban J connectivity index is 3.17. The molecule has 0 spiro atoms. The zero-order valence-corrected chi connectivity index (χ0v) is 12.0. The Kier molecular flexibility index (Phi) is 8.87. The van der Waals surface area contributed by atoms with Crippen LogP contribution in [0.5, 0.6) is 0 Å². The van der Waals surface area contributed by atoms with E-state index in [4.69, 9.17) is 4.43 Å². The molecule has 0 atom stereocenters. The summed E-state index contributed by atoms with van der Waals surface area (Å²) >= 11 is 0. The van der Waals surface area contributed by atoms with Gasteiger partial charge in [-0.15, -0.1) is 0 Å². The van der Waals surface area contributed by atoms with Crippen LogP contribution >= 0.6 is 0 Å². The summed E-state index contributed by atoms with van der Waals surface area (Å²) in [5.74, 6) is 0. The number of rotatable bonds is 9. The van der Waals surface area contributed by atoms with Gasteiger partial charge < -0.3 is 4.43 Å². The average molecular weight is 228 g/mol. The molecular weight excluding hydrogens is 200 g/mol. The molecule has 0 aromatic rings. The molecule has 90 valence electrons. The van der Waals surface area contributed by atoms with Gasteiger partial charge in [-0.2, -0.15) is 0 Å². The highest BCUT2D eigenvalue weighted by atomic mass is 28.4. The number of hydrogen-bond acceptors (Lipinski definition) is 1. The first-order valence-electron chi connectivity index (χ1n) is 6.39.